The number of aliphatic imine (C=N–C) groups is 1. The normalized spacial score (nSPS) is 13.7. The number of nitrogens with one attached hydrogen (secondary N) is 4. The summed E-state index contributed by atoms with van der Waals surface area (Å²) >= 11 is 0. The Balaban J connectivity index is 2.24. The zero-order valence-electron chi connectivity index (χ0n) is 23.8. The number of unbranched alkanes of at least 4 members (excludes halogenated alkanes) is 1. The first-order chi connectivity index (χ1) is 20.4. The van der Waals surface area contributed by atoms with E-state index in [2.05, 4.69) is 25.9 Å². The Labute approximate surface area is 248 Å². The van der Waals surface area contributed by atoms with Crippen LogP contribution in [0.3, 0.4) is 0 Å². The smallest absolute Gasteiger partial charge is 0.326 e. The van der Waals surface area contributed by atoms with Crippen LogP contribution < -0.4 is 38.9 Å². The van der Waals surface area contributed by atoms with E-state index in [1.165, 1.54) is 0 Å². The number of fused-ring (bicyclic) bond motifs is 1. The molecule has 43 heavy (non-hydrogen) atoms. The van der Waals surface area contributed by atoms with E-state index >= 15 is 0 Å². The number of benzene rings is 1. The Kier molecular flexibility index (Phi) is 13.9. The molecule has 0 aliphatic rings. The van der Waals surface area contributed by atoms with Gasteiger partial charge in [0.05, 0.1) is 12.5 Å². The molecule has 0 radical (unpaired) electrons. The number of aliphatic carboxylic acids is 2. The molecule has 4 unspecified atom stereocenters. The number of aromatic nitrogens is 1. The van der Waals surface area contributed by atoms with Crippen molar-refractivity contribution in [2.75, 3.05) is 13.1 Å². The summed E-state index contributed by atoms with van der Waals surface area (Å²) in [7, 11) is 0. The number of rotatable bonds is 19. The fraction of sp³-hybridized carbons (Fsp3) is 0.481. The molecule has 4 atom stereocenters. The van der Waals surface area contributed by atoms with Gasteiger partial charge in [0.15, 0.2) is 5.96 Å². The number of carbonyl (C=O) groups excluding carboxylic acids is 3. The molecular formula is C27H41N9O7. The van der Waals surface area contributed by atoms with Crippen molar-refractivity contribution in [3.8, 4) is 0 Å². The predicted molar refractivity (Wildman–Crippen MR) is 158 cm³/mol. The summed E-state index contributed by atoms with van der Waals surface area (Å²) in [6.45, 7) is 0.548. The Morgan fingerprint density at radius 2 is 1.51 bits per heavy atom. The summed E-state index contributed by atoms with van der Waals surface area (Å²) in [4.78, 5) is 69.6. The van der Waals surface area contributed by atoms with E-state index in [0.717, 1.165) is 10.9 Å². The minimum atomic E-state index is -1.65. The maximum atomic E-state index is 13.5. The van der Waals surface area contributed by atoms with E-state index in [0.29, 0.717) is 31.4 Å². The van der Waals surface area contributed by atoms with Gasteiger partial charge in [0.25, 0.3) is 0 Å². The number of para-hydroxylation sites is 1. The van der Waals surface area contributed by atoms with Crippen molar-refractivity contribution < 1.29 is 34.2 Å². The Morgan fingerprint density at radius 1 is 0.860 bits per heavy atom. The van der Waals surface area contributed by atoms with E-state index in [4.69, 9.17) is 22.9 Å². The van der Waals surface area contributed by atoms with Crippen LogP contribution in [0, 0.1) is 0 Å². The van der Waals surface area contributed by atoms with Gasteiger partial charge in [0.1, 0.15) is 18.1 Å². The Hall–Kier alpha value is -4.70. The van der Waals surface area contributed by atoms with Gasteiger partial charge in [-0.25, -0.2) is 4.79 Å². The lowest BCUT2D eigenvalue weighted by Gasteiger charge is -2.24. The van der Waals surface area contributed by atoms with E-state index in [-0.39, 0.29) is 31.8 Å². The highest BCUT2D eigenvalue weighted by atomic mass is 16.4. The number of carboxylic acid groups (broad SMARTS) is 2. The molecule has 0 saturated carbocycles. The maximum absolute atomic E-state index is 13.5. The van der Waals surface area contributed by atoms with Crippen molar-refractivity contribution in [1.29, 1.82) is 0 Å². The summed E-state index contributed by atoms with van der Waals surface area (Å²) in [6, 6.07) is 2.08. The third-order valence-corrected chi connectivity index (χ3v) is 6.61. The number of nitrogens with two attached hydrogens (primary N) is 4. The highest BCUT2D eigenvalue weighted by Crippen LogP contribution is 2.19. The van der Waals surface area contributed by atoms with Crippen LogP contribution in [0.5, 0.6) is 0 Å². The first kappa shape index (κ1) is 34.5. The van der Waals surface area contributed by atoms with Crippen molar-refractivity contribution in [1.82, 2.24) is 20.9 Å². The summed E-state index contributed by atoms with van der Waals surface area (Å²) in [5.41, 5.74) is 23.5. The second kappa shape index (κ2) is 17.3. The Bertz CT molecular complexity index is 1290. The minimum Gasteiger partial charge on any atom is -0.481 e. The van der Waals surface area contributed by atoms with Crippen LogP contribution in [0.1, 0.15) is 44.1 Å². The fourth-order valence-electron chi connectivity index (χ4n) is 4.34. The zero-order valence-corrected chi connectivity index (χ0v) is 23.8. The molecule has 3 amide bonds. The fourth-order valence-corrected chi connectivity index (χ4v) is 4.34. The van der Waals surface area contributed by atoms with Gasteiger partial charge in [-0.3, -0.25) is 24.2 Å². The molecule has 0 fully saturated rings. The molecule has 0 saturated heterocycles. The number of H-pyrrole nitrogens is 1. The summed E-state index contributed by atoms with van der Waals surface area (Å²) in [5, 5.41) is 27.0. The van der Waals surface area contributed by atoms with E-state index < -0.39 is 60.2 Å². The number of hydrogen-bond acceptors (Lipinski definition) is 8. The largest absolute Gasteiger partial charge is 0.481 e. The van der Waals surface area contributed by atoms with E-state index in [1.54, 1.807) is 6.20 Å². The topological polar surface area (TPSA) is 294 Å². The molecule has 1 aromatic heterocycles. The standard InChI is InChI=1S/C27H41N9O7/c28-10-4-3-7-17(29)23(39)35-20(12-15-14-33-18-8-2-1-6-16(15)18)24(40)36-21(13-22(37)38)25(41)34-19(26(42)43)9-5-11-32-27(30)31/h1-2,6,8,14,17,19-21,33H,3-5,7,9-13,28-29H2,(H,34,41)(H,35,39)(H,36,40)(H,37,38)(H,42,43)(H4,30,31,32). The third-order valence-electron chi connectivity index (χ3n) is 6.61. The summed E-state index contributed by atoms with van der Waals surface area (Å²) < 4.78 is 0. The zero-order chi connectivity index (χ0) is 31.9. The van der Waals surface area contributed by atoms with Gasteiger partial charge >= 0.3 is 11.9 Å². The monoisotopic (exact) mass is 603 g/mol. The van der Waals surface area contributed by atoms with Gasteiger partial charge in [0, 0.05) is 30.1 Å². The molecular weight excluding hydrogens is 562 g/mol. The lowest BCUT2D eigenvalue weighted by Crippen LogP contribution is -2.58. The Morgan fingerprint density at radius 3 is 2.16 bits per heavy atom. The number of nitrogens with zero attached hydrogens (tertiary/aromatic N) is 1. The van der Waals surface area contributed by atoms with Crippen LogP contribution in [-0.4, -0.2) is 88.1 Å². The van der Waals surface area contributed by atoms with Crippen LogP contribution in [0.25, 0.3) is 10.9 Å². The van der Waals surface area contributed by atoms with Crippen LogP contribution in [0.4, 0.5) is 0 Å². The number of guanidine groups is 1. The first-order valence-electron chi connectivity index (χ1n) is 13.8. The molecule has 1 aromatic carbocycles. The predicted octanol–water partition coefficient (Wildman–Crippen LogP) is -1.77. The second-order valence-corrected chi connectivity index (χ2v) is 10.0. The molecule has 0 aliphatic heterocycles. The summed E-state index contributed by atoms with van der Waals surface area (Å²) in [6.07, 6.45) is 2.56. The SMILES string of the molecule is NCCCCC(N)C(=O)NC(Cc1c[nH]c2ccccc12)C(=O)NC(CC(=O)O)C(=O)NC(CCCN=C(N)N)C(=O)O. The van der Waals surface area contributed by atoms with Gasteiger partial charge in [-0.1, -0.05) is 24.6 Å². The molecule has 0 spiro atoms. The highest BCUT2D eigenvalue weighted by molar-refractivity contribution is 5.96. The van der Waals surface area contributed by atoms with Gasteiger partial charge < -0.3 is 54.1 Å². The van der Waals surface area contributed by atoms with Crippen LogP contribution in [0.2, 0.25) is 0 Å². The second-order valence-electron chi connectivity index (χ2n) is 10.0. The lowest BCUT2D eigenvalue weighted by molar-refractivity contribution is -0.143. The molecule has 16 nitrogen and oxygen atoms in total. The molecule has 14 N–H and O–H groups in total. The van der Waals surface area contributed by atoms with Crippen molar-refractivity contribution in [3.63, 3.8) is 0 Å². The van der Waals surface area contributed by atoms with Crippen LogP contribution in [0.15, 0.2) is 35.5 Å². The van der Waals surface area contributed by atoms with E-state index in [9.17, 15) is 34.2 Å². The van der Waals surface area contributed by atoms with Crippen molar-refractivity contribution in [2.24, 2.45) is 27.9 Å². The van der Waals surface area contributed by atoms with Gasteiger partial charge in [-0.2, -0.15) is 0 Å². The average Bonchev–Trinajstić information content (AvgIpc) is 3.35. The molecule has 16 heteroatoms. The number of carbonyl (C=O) groups is 5. The highest BCUT2D eigenvalue weighted by Gasteiger charge is 2.32. The molecule has 0 bridgehead atoms. The number of hydrogen-bond donors (Lipinski definition) is 10. The van der Waals surface area contributed by atoms with Crippen LogP contribution in [-0.2, 0) is 30.4 Å². The van der Waals surface area contributed by atoms with Crippen molar-refractivity contribution in [3.05, 3.63) is 36.0 Å². The molecule has 236 valence electrons. The molecule has 2 aromatic rings. The third kappa shape index (κ3) is 11.6. The van der Waals surface area contributed by atoms with Crippen molar-refractivity contribution in [2.45, 2.75) is 69.1 Å². The van der Waals surface area contributed by atoms with Gasteiger partial charge in [-0.15, -0.1) is 0 Å². The van der Waals surface area contributed by atoms with Gasteiger partial charge in [-0.05, 0) is 43.9 Å². The molecule has 0 aliphatic carbocycles. The number of amides is 3. The van der Waals surface area contributed by atoms with Crippen molar-refractivity contribution >= 4 is 46.5 Å². The minimum absolute atomic E-state index is 0.0128. The van der Waals surface area contributed by atoms with Gasteiger partial charge in [0.2, 0.25) is 17.7 Å². The molecule has 2 rings (SSSR count). The van der Waals surface area contributed by atoms with E-state index in [1.807, 2.05) is 24.3 Å². The number of aromatic amines is 1. The maximum Gasteiger partial charge on any atom is 0.326 e. The molecule has 1 heterocycles. The quantitative estimate of drug-likeness (QED) is 0.0487. The number of carboxylic acids is 2. The first-order valence-corrected chi connectivity index (χ1v) is 13.8. The summed E-state index contributed by atoms with van der Waals surface area (Å²) in [5.74, 6) is -5.45. The average molecular weight is 604 g/mol. The van der Waals surface area contributed by atoms with Crippen LogP contribution >= 0.6 is 0 Å². The lowest BCUT2D eigenvalue weighted by atomic mass is 10.0.